The molecular formula is C7H12N2. The van der Waals surface area contributed by atoms with Crippen molar-refractivity contribution < 1.29 is 0 Å². The molecule has 0 saturated carbocycles. The number of hydrogen-bond acceptors (Lipinski definition) is 2. The van der Waals surface area contributed by atoms with Gasteiger partial charge < -0.3 is 0 Å². The Labute approximate surface area is 55.7 Å². The quantitative estimate of drug-likeness (QED) is 0.535. The Balaban J connectivity index is 2.44. The maximum Gasteiger partial charge on any atom is 0.137 e. The second-order valence-electron chi connectivity index (χ2n) is 2.28. The molecule has 0 aromatic rings. The molecular weight excluding hydrogens is 112 g/mol. The molecule has 0 aromatic heterocycles. The molecule has 0 spiro atoms. The Morgan fingerprint density at radius 2 is 2.44 bits per heavy atom. The van der Waals surface area contributed by atoms with E-state index in [4.69, 9.17) is 0 Å². The van der Waals surface area contributed by atoms with Crippen molar-refractivity contribution in [1.82, 2.24) is 0 Å². The first-order valence-electron chi connectivity index (χ1n) is 3.42. The summed E-state index contributed by atoms with van der Waals surface area (Å²) >= 11 is 0. The van der Waals surface area contributed by atoms with Gasteiger partial charge in [0.05, 0.1) is 5.71 Å². The third-order valence-electron chi connectivity index (χ3n) is 1.30. The Hall–Kier alpha value is -0.660. The highest BCUT2D eigenvalue weighted by atomic mass is 15.0. The van der Waals surface area contributed by atoms with Gasteiger partial charge in [-0.2, -0.15) is 0 Å². The lowest BCUT2D eigenvalue weighted by atomic mass is 10.2. The zero-order chi connectivity index (χ0) is 6.69. The highest BCUT2D eigenvalue weighted by Gasteiger charge is 2.04. The van der Waals surface area contributed by atoms with E-state index in [1.54, 1.807) is 0 Å². The fourth-order valence-corrected chi connectivity index (χ4v) is 0.886. The first-order valence-corrected chi connectivity index (χ1v) is 3.42. The summed E-state index contributed by atoms with van der Waals surface area (Å²) in [7, 11) is 0. The van der Waals surface area contributed by atoms with Crippen LogP contribution >= 0.6 is 0 Å². The van der Waals surface area contributed by atoms with Crippen molar-refractivity contribution in [1.29, 1.82) is 0 Å². The van der Waals surface area contributed by atoms with Crippen molar-refractivity contribution in [2.24, 2.45) is 9.98 Å². The summed E-state index contributed by atoms with van der Waals surface area (Å²) in [6.45, 7) is 4.15. The lowest BCUT2D eigenvalue weighted by Gasteiger charge is -1.90. The monoisotopic (exact) mass is 124 g/mol. The van der Waals surface area contributed by atoms with Gasteiger partial charge in [-0.3, -0.25) is 9.98 Å². The molecule has 1 aliphatic heterocycles. The normalized spacial score (nSPS) is 24.7. The number of nitrogens with zero attached hydrogens (tertiary/aromatic N) is 2. The molecule has 2 heteroatoms. The standard InChI is InChI=1S/C7H12N2/c1-3-4-7-5-8-6(2)9-7/h5-6H,3-4H2,1-2H3. The van der Waals surface area contributed by atoms with Gasteiger partial charge in [0.15, 0.2) is 0 Å². The second kappa shape index (κ2) is 2.76. The molecule has 0 saturated heterocycles. The summed E-state index contributed by atoms with van der Waals surface area (Å²) in [6, 6.07) is 0. The zero-order valence-corrected chi connectivity index (χ0v) is 5.96. The molecule has 0 aliphatic carbocycles. The van der Waals surface area contributed by atoms with Crippen LogP contribution in [-0.2, 0) is 0 Å². The van der Waals surface area contributed by atoms with E-state index in [0.29, 0.717) is 0 Å². The van der Waals surface area contributed by atoms with E-state index in [9.17, 15) is 0 Å². The van der Waals surface area contributed by atoms with Crippen molar-refractivity contribution >= 4 is 11.9 Å². The Morgan fingerprint density at radius 1 is 1.67 bits per heavy atom. The van der Waals surface area contributed by atoms with Gasteiger partial charge >= 0.3 is 0 Å². The summed E-state index contributed by atoms with van der Waals surface area (Å²) in [5, 5.41) is 0. The first kappa shape index (κ1) is 6.46. The minimum absolute atomic E-state index is 0.187. The van der Waals surface area contributed by atoms with Crippen molar-refractivity contribution in [3.63, 3.8) is 0 Å². The molecule has 0 amide bonds. The minimum Gasteiger partial charge on any atom is -0.265 e. The van der Waals surface area contributed by atoms with Gasteiger partial charge in [-0.15, -0.1) is 0 Å². The van der Waals surface area contributed by atoms with Crippen molar-refractivity contribution in [2.45, 2.75) is 32.9 Å². The van der Waals surface area contributed by atoms with E-state index in [1.165, 1.54) is 0 Å². The van der Waals surface area contributed by atoms with E-state index < -0.39 is 0 Å². The summed E-state index contributed by atoms with van der Waals surface area (Å²) < 4.78 is 0. The van der Waals surface area contributed by atoms with Crippen LogP contribution in [0.4, 0.5) is 0 Å². The van der Waals surface area contributed by atoms with Gasteiger partial charge in [-0.1, -0.05) is 13.3 Å². The maximum atomic E-state index is 4.27. The smallest absolute Gasteiger partial charge is 0.137 e. The van der Waals surface area contributed by atoms with Crippen LogP contribution in [0.3, 0.4) is 0 Å². The number of aliphatic imine (C=N–C) groups is 2. The molecule has 9 heavy (non-hydrogen) atoms. The average Bonchev–Trinajstić information content (AvgIpc) is 2.17. The van der Waals surface area contributed by atoms with E-state index in [-0.39, 0.29) is 6.17 Å². The molecule has 0 fully saturated rings. The van der Waals surface area contributed by atoms with Gasteiger partial charge in [0, 0.05) is 6.21 Å². The topological polar surface area (TPSA) is 24.7 Å². The van der Waals surface area contributed by atoms with Crippen LogP contribution in [0.1, 0.15) is 26.7 Å². The molecule has 50 valence electrons. The Morgan fingerprint density at radius 3 is 2.89 bits per heavy atom. The van der Waals surface area contributed by atoms with Crippen molar-refractivity contribution in [2.75, 3.05) is 0 Å². The van der Waals surface area contributed by atoms with Crippen LogP contribution in [0.25, 0.3) is 0 Å². The van der Waals surface area contributed by atoms with E-state index in [2.05, 4.69) is 16.9 Å². The fourth-order valence-electron chi connectivity index (χ4n) is 0.886. The summed E-state index contributed by atoms with van der Waals surface area (Å²) in [5.74, 6) is 0. The Kier molecular flexibility index (Phi) is 1.98. The summed E-state index contributed by atoms with van der Waals surface area (Å²) in [6.07, 6.45) is 4.31. The first-order chi connectivity index (χ1) is 4.33. The second-order valence-corrected chi connectivity index (χ2v) is 2.28. The number of rotatable bonds is 2. The third kappa shape index (κ3) is 1.63. The maximum absolute atomic E-state index is 4.27. The number of hydrogen-bond donors (Lipinski definition) is 0. The molecule has 1 atom stereocenters. The molecule has 1 rings (SSSR count). The molecule has 0 N–H and O–H groups in total. The van der Waals surface area contributed by atoms with Crippen molar-refractivity contribution in [3.8, 4) is 0 Å². The summed E-state index contributed by atoms with van der Waals surface area (Å²) in [5.41, 5.74) is 1.16. The minimum atomic E-state index is 0.187. The van der Waals surface area contributed by atoms with Gasteiger partial charge in [0.1, 0.15) is 6.17 Å². The molecule has 0 bridgehead atoms. The molecule has 1 unspecified atom stereocenters. The fraction of sp³-hybridized carbons (Fsp3) is 0.714. The van der Waals surface area contributed by atoms with Crippen molar-refractivity contribution in [3.05, 3.63) is 0 Å². The average molecular weight is 124 g/mol. The predicted molar refractivity (Wildman–Crippen MR) is 40.3 cm³/mol. The molecule has 1 heterocycles. The zero-order valence-electron chi connectivity index (χ0n) is 5.96. The van der Waals surface area contributed by atoms with E-state index in [0.717, 1.165) is 18.6 Å². The SMILES string of the molecule is CCCC1=NC(C)N=C1. The van der Waals surface area contributed by atoms with Gasteiger partial charge in [-0.25, -0.2) is 0 Å². The highest BCUT2D eigenvalue weighted by Crippen LogP contribution is 2.02. The largest absolute Gasteiger partial charge is 0.265 e. The van der Waals surface area contributed by atoms with Crippen LogP contribution in [0, 0.1) is 0 Å². The van der Waals surface area contributed by atoms with Crippen LogP contribution < -0.4 is 0 Å². The van der Waals surface area contributed by atoms with Gasteiger partial charge in [0.25, 0.3) is 0 Å². The highest BCUT2D eigenvalue weighted by molar-refractivity contribution is 6.31. The Bertz CT molecular complexity index is 147. The molecule has 1 aliphatic rings. The van der Waals surface area contributed by atoms with Crippen LogP contribution in [0.15, 0.2) is 9.98 Å². The molecule has 0 aromatic carbocycles. The predicted octanol–water partition coefficient (Wildman–Crippen LogP) is 1.66. The lowest BCUT2D eigenvalue weighted by Crippen LogP contribution is -1.94. The molecule has 0 radical (unpaired) electrons. The van der Waals surface area contributed by atoms with Crippen LogP contribution in [-0.4, -0.2) is 18.1 Å². The molecule has 2 nitrogen and oxygen atoms in total. The van der Waals surface area contributed by atoms with E-state index in [1.807, 2.05) is 13.1 Å². The van der Waals surface area contributed by atoms with Crippen LogP contribution in [0.2, 0.25) is 0 Å². The lowest BCUT2D eigenvalue weighted by molar-refractivity contribution is 0.811. The van der Waals surface area contributed by atoms with Gasteiger partial charge in [0.2, 0.25) is 0 Å². The van der Waals surface area contributed by atoms with Gasteiger partial charge in [-0.05, 0) is 13.3 Å². The van der Waals surface area contributed by atoms with E-state index >= 15 is 0 Å². The van der Waals surface area contributed by atoms with Crippen LogP contribution in [0.5, 0.6) is 0 Å². The summed E-state index contributed by atoms with van der Waals surface area (Å²) in [4.78, 5) is 8.38. The third-order valence-corrected chi connectivity index (χ3v) is 1.30.